The molecule has 1 aromatic carbocycles. The molecule has 0 unspecified atom stereocenters. The van der Waals surface area contributed by atoms with Crippen LogP contribution >= 0.6 is 0 Å². The smallest absolute Gasteiger partial charge is 0.238 e. The predicted molar refractivity (Wildman–Crippen MR) is 53.6 cm³/mol. The lowest BCUT2D eigenvalue weighted by atomic mass is 10.0. The van der Waals surface area contributed by atoms with Crippen LogP contribution in [0.1, 0.15) is 25.3 Å². The first kappa shape index (κ1) is 11.0. The lowest BCUT2D eigenvalue weighted by molar-refractivity contribution is 0.461. The van der Waals surface area contributed by atoms with E-state index in [-0.39, 0.29) is 16.6 Å². The highest BCUT2D eigenvalue weighted by Gasteiger charge is 2.18. The Morgan fingerprint density at radius 3 is 2.29 bits per heavy atom. The molecule has 0 bridgehead atoms. The zero-order chi connectivity index (χ0) is 10.9. The highest BCUT2D eigenvalue weighted by atomic mass is 32.2. The molecule has 0 saturated heterocycles. The Bertz CT molecular complexity index is 437. The van der Waals surface area contributed by atoms with Crippen molar-refractivity contribution in [2.75, 3.05) is 0 Å². The second-order valence-electron chi connectivity index (χ2n) is 3.39. The average Bonchev–Trinajstić information content (AvgIpc) is 2.01. The molecule has 0 aliphatic carbocycles. The molecule has 0 fully saturated rings. The monoisotopic (exact) mass is 215 g/mol. The van der Waals surface area contributed by atoms with Gasteiger partial charge in [-0.15, -0.1) is 0 Å². The molecule has 0 atom stereocenters. The Kier molecular flexibility index (Phi) is 2.82. The molecular weight excluding hydrogens is 202 g/mol. The van der Waals surface area contributed by atoms with Crippen molar-refractivity contribution in [3.8, 4) is 5.75 Å². The molecule has 0 radical (unpaired) electrons. The van der Waals surface area contributed by atoms with Crippen LogP contribution in [-0.4, -0.2) is 13.5 Å². The van der Waals surface area contributed by atoms with Crippen molar-refractivity contribution < 1.29 is 13.5 Å². The van der Waals surface area contributed by atoms with E-state index in [0.29, 0.717) is 5.56 Å². The third-order valence-corrected chi connectivity index (χ3v) is 2.90. The van der Waals surface area contributed by atoms with Crippen LogP contribution in [0.3, 0.4) is 0 Å². The fourth-order valence-electron chi connectivity index (χ4n) is 1.36. The highest BCUT2D eigenvalue weighted by Crippen LogP contribution is 2.30. The quantitative estimate of drug-likeness (QED) is 0.776. The van der Waals surface area contributed by atoms with Gasteiger partial charge in [0.25, 0.3) is 0 Å². The second-order valence-corrected chi connectivity index (χ2v) is 4.92. The number of benzene rings is 1. The maximum absolute atomic E-state index is 11.2. The van der Waals surface area contributed by atoms with Gasteiger partial charge in [-0.05, 0) is 18.1 Å². The molecule has 14 heavy (non-hydrogen) atoms. The number of phenols is 1. The van der Waals surface area contributed by atoms with Crippen LogP contribution in [0.15, 0.2) is 23.1 Å². The summed E-state index contributed by atoms with van der Waals surface area (Å²) in [5.74, 6) is -0.129. The molecule has 0 aromatic heterocycles. The van der Waals surface area contributed by atoms with Gasteiger partial charge in [0, 0.05) is 5.56 Å². The van der Waals surface area contributed by atoms with E-state index in [1.165, 1.54) is 18.2 Å². The SMILES string of the molecule is CC(C)c1c(O)cccc1S(N)(=O)=O. The van der Waals surface area contributed by atoms with E-state index < -0.39 is 10.0 Å². The van der Waals surface area contributed by atoms with Gasteiger partial charge in [-0.2, -0.15) is 0 Å². The molecule has 0 spiro atoms. The number of phenolic OH excluding ortho intramolecular Hbond substituents is 1. The fourth-order valence-corrected chi connectivity index (χ4v) is 2.28. The zero-order valence-electron chi connectivity index (χ0n) is 8.06. The molecule has 4 nitrogen and oxygen atoms in total. The molecule has 1 rings (SSSR count). The van der Waals surface area contributed by atoms with E-state index in [1.807, 2.05) is 0 Å². The first-order chi connectivity index (χ1) is 6.34. The average molecular weight is 215 g/mol. The van der Waals surface area contributed by atoms with E-state index in [2.05, 4.69) is 0 Å². The van der Waals surface area contributed by atoms with Gasteiger partial charge in [-0.1, -0.05) is 19.9 Å². The van der Waals surface area contributed by atoms with Crippen molar-refractivity contribution in [1.82, 2.24) is 0 Å². The summed E-state index contributed by atoms with van der Waals surface area (Å²) in [5, 5.41) is 14.5. The maximum atomic E-state index is 11.2. The molecule has 0 saturated carbocycles. The normalized spacial score (nSPS) is 12.0. The summed E-state index contributed by atoms with van der Waals surface area (Å²) in [5.41, 5.74) is 0.370. The summed E-state index contributed by atoms with van der Waals surface area (Å²) < 4.78 is 22.4. The molecule has 0 amide bonds. The summed E-state index contributed by atoms with van der Waals surface area (Å²) in [4.78, 5) is -0.00694. The largest absolute Gasteiger partial charge is 0.508 e. The summed E-state index contributed by atoms with van der Waals surface area (Å²) in [6.07, 6.45) is 0. The number of hydrogen-bond donors (Lipinski definition) is 2. The van der Waals surface area contributed by atoms with Gasteiger partial charge in [-0.3, -0.25) is 0 Å². The Labute approximate surface area is 83.4 Å². The topological polar surface area (TPSA) is 80.4 Å². The van der Waals surface area contributed by atoms with Crippen LogP contribution < -0.4 is 5.14 Å². The summed E-state index contributed by atoms with van der Waals surface area (Å²) in [6.45, 7) is 3.59. The van der Waals surface area contributed by atoms with Crippen LogP contribution in [0.4, 0.5) is 0 Å². The van der Waals surface area contributed by atoms with Gasteiger partial charge >= 0.3 is 0 Å². The number of hydrogen-bond acceptors (Lipinski definition) is 3. The predicted octanol–water partition coefficient (Wildman–Crippen LogP) is 1.16. The third-order valence-electron chi connectivity index (χ3n) is 1.93. The van der Waals surface area contributed by atoms with Crippen LogP contribution in [0, 0.1) is 0 Å². The Morgan fingerprint density at radius 1 is 1.36 bits per heavy atom. The van der Waals surface area contributed by atoms with E-state index in [1.54, 1.807) is 13.8 Å². The number of primary sulfonamides is 1. The van der Waals surface area contributed by atoms with Gasteiger partial charge in [0.1, 0.15) is 5.75 Å². The van der Waals surface area contributed by atoms with Crippen LogP contribution in [0.25, 0.3) is 0 Å². The highest BCUT2D eigenvalue weighted by molar-refractivity contribution is 7.89. The van der Waals surface area contributed by atoms with Crippen LogP contribution in [-0.2, 0) is 10.0 Å². The zero-order valence-corrected chi connectivity index (χ0v) is 8.88. The van der Waals surface area contributed by atoms with Crippen LogP contribution in [0.2, 0.25) is 0 Å². The summed E-state index contributed by atoms with van der Waals surface area (Å²) >= 11 is 0. The lowest BCUT2D eigenvalue weighted by Gasteiger charge is -2.12. The Morgan fingerprint density at radius 2 is 1.93 bits per heavy atom. The van der Waals surface area contributed by atoms with E-state index >= 15 is 0 Å². The lowest BCUT2D eigenvalue weighted by Crippen LogP contribution is -2.15. The van der Waals surface area contributed by atoms with E-state index in [0.717, 1.165) is 0 Å². The van der Waals surface area contributed by atoms with Crippen molar-refractivity contribution in [3.63, 3.8) is 0 Å². The van der Waals surface area contributed by atoms with Crippen molar-refractivity contribution in [2.24, 2.45) is 5.14 Å². The molecular formula is C9H13NO3S. The molecule has 0 heterocycles. The number of nitrogens with two attached hydrogens (primary N) is 1. The molecule has 5 heteroatoms. The van der Waals surface area contributed by atoms with Gasteiger partial charge in [0.15, 0.2) is 0 Å². The second kappa shape index (κ2) is 3.59. The standard InChI is InChI=1S/C9H13NO3S/c1-6(2)9-7(11)4-3-5-8(9)14(10,12)13/h3-6,11H,1-2H3,(H2,10,12,13). The summed E-state index contributed by atoms with van der Waals surface area (Å²) in [6, 6.07) is 4.30. The Balaban J connectivity index is 3.52. The minimum atomic E-state index is -3.76. The van der Waals surface area contributed by atoms with Gasteiger partial charge in [-0.25, -0.2) is 13.6 Å². The molecule has 1 aromatic rings. The molecule has 0 aliphatic rings. The number of aromatic hydroxyl groups is 1. The number of rotatable bonds is 2. The first-order valence-electron chi connectivity index (χ1n) is 4.18. The minimum Gasteiger partial charge on any atom is -0.508 e. The minimum absolute atomic E-state index is 0.00694. The molecule has 0 aliphatic heterocycles. The summed E-state index contributed by atoms with van der Waals surface area (Å²) in [7, 11) is -3.76. The van der Waals surface area contributed by atoms with Crippen LogP contribution in [0.5, 0.6) is 5.75 Å². The van der Waals surface area contributed by atoms with E-state index in [9.17, 15) is 13.5 Å². The number of sulfonamides is 1. The molecule has 3 N–H and O–H groups in total. The maximum Gasteiger partial charge on any atom is 0.238 e. The fraction of sp³-hybridized carbons (Fsp3) is 0.333. The van der Waals surface area contributed by atoms with Gasteiger partial charge < -0.3 is 5.11 Å². The van der Waals surface area contributed by atoms with Crippen molar-refractivity contribution in [1.29, 1.82) is 0 Å². The van der Waals surface area contributed by atoms with Gasteiger partial charge in [0.2, 0.25) is 10.0 Å². The van der Waals surface area contributed by atoms with Gasteiger partial charge in [0.05, 0.1) is 4.90 Å². The van der Waals surface area contributed by atoms with Crippen molar-refractivity contribution in [2.45, 2.75) is 24.7 Å². The first-order valence-corrected chi connectivity index (χ1v) is 5.73. The van der Waals surface area contributed by atoms with Crippen molar-refractivity contribution >= 4 is 10.0 Å². The Hall–Kier alpha value is -1.07. The van der Waals surface area contributed by atoms with Crippen molar-refractivity contribution in [3.05, 3.63) is 23.8 Å². The molecule has 78 valence electrons. The van der Waals surface area contributed by atoms with E-state index in [4.69, 9.17) is 5.14 Å². The third kappa shape index (κ3) is 2.05.